The topological polar surface area (TPSA) is 58.9 Å². The molecule has 0 aliphatic heterocycles. The van der Waals surface area contributed by atoms with Crippen molar-refractivity contribution in [1.82, 2.24) is 0 Å². The van der Waals surface area contributed by atoms with E-state index in [0.717, 1.165) is 16.5 Å². The molecule has 1 aliphatic rings. The zero-order chi connectivity index (χ0) is 20.2. The van der Waals surface area contributed by atoms with E-state index in [1.807, 2.05) is 61.5 Å². The molecular weight excluding hydrogens is 364 g/mol. The van der Waals surface area contributed by atoms with Gasteiger partial charge >= 0.3 is 0 Å². The van der Waals surface area contributed by atoms with Crippen LogP contribution in [-0.2, 0) is 22.7 Å². The highest BCUT2D eigenvalue weighted by Gasteiger charge is 2.42. The molecule has 3 aromatic rings. The molecule has 4 heteroatoms. The Morgan fingerprint density at radius 3 is 2.34 bits per heavy atom. The van der Waals surface area contributed by atoms with Crippen molar-refractivity contribution in [2.45, 2.75) is 51.0 Å². The number of ether oxygens (including phenoxy) is 2. The average Bonchev–Trinajstić information content (AvgIpc) is 2.76. The van der Waals surface area contributed by atoms with E-state index < -0.39 is 24.4 Å². The number of fused-ring (bicyclic) bond motifs is 1. The lowest BCUT2D eigenvalue weighted by atomic mass is 9.81. The number of hydrogen-bond donors (Lipinski definition) is 2. The summed E-state index contributed by atoms with van der Waals surface area (Å²) in [5, 5.41) is 23.6. The van der Waals surface area contributed by atoms with Crippen LogP contribution in [0.1, 0.15) is 24.5 Å². The van der Waals surface area contributed by atoms with Crippen molar-refractivity contribution in [2.24, 2.45) is 5.92 Å². The van der Waals surface area contributed by atoms with Gasteiger partial charge in [-0.05, 0) is 34.2 Å². The lowest BCUT2D eigenvalue weighted by molar-refractivity contribution is -0.190. The Kier molecular flexibility index (Phi) is 6.26. The van der Waals surface area contributed by atoms with Crippen molar-refractivity contribution in [3.05, 3.63) is 83.9 Å². The highest BCUT2D eigenvalue weighted by Crippen LogP contribution is 2.31. The maximum absolute atomic E-state index is 10.7. The molecule has 0 radical (unpaired) electrons. The van der Waals surface area contributed by atoms with Gasteiger partial charge in [-0.1, -0.05) is 79.7 Å². The lowest BCUT2D eigenvalue weighted by Gasteiger charge is -2.41. The van der Waals surface area contributed by atoms with Crippen molar-refractivity contribution in [3.63, 3.8) is 0 Å². The summed E-state index contributed by atoms with van der Waals surface area (Å²) in [6.45, 7) is 2.86. The summed E-state index contributed by atoms with van der Waals surface area (Å²) in [5.41, 5.74) is 2.13. The van der Waals surface area contributed by atoms with E-state index in [0.29, 0.717) is 19.6 Å². The molecule has 5 atom stereocenters. The molecule has 4 rings (SSSR count). The molecule has 4 nitrogen and oxygen atoms in total. The average molecular weight is 392 g/mol. The van der Waals surface area contributed by atoms with Crippen LogP contribution >= 0.6 is 0 Å². The zero-order valence-electron chi connectivity index (χ0n) is 16.6. The molecule has 0 saturated heterocycles. The molecule has 1 saturated carbocycles. The molecule has 0 bridgehead atoms. The largest absolute Gasteiger partial charge is 0.388 e. The fraction of sp³-hybridized carbons (Fsp3) is 0.360. The lowest BCUT2D eigenvalue weighted by Crippen LogP contribution is -2.54. The summed E-state index contributed by atoms with van der Waals surface area (Å²) in [5.74, 6) is 0.0784. The summed E-state index contributed by atoms with van der Waals surface area (Å²) < 4.78 is 12.0. The molecule has 0 heterocycles. The first-order chi connectivity index (χ1) is 14.1. The monoisotopic (exact) mass is 392 g/mol. The second-order valence-corrected chi connectivity index (χ2v) is 7.94. The number of aliphatic hydroxyl groups is 2. The predicted molar refractivity (Wildman–Crippen MR) is 113 cm³/mol. The van der Waals surface area contributed by atoms with E-state index in [2.05, 4.69) is 18.2 Å². The first-order valence-corrected chi connectivity index (χ1v) is 10.2. The third kappa shape index (κ3) is 4.51. The van der Waals surface area contributed by atoms with Gasteiger partial charge < -0.3 is 19.7 Å². The second kappa shape index (κ2) is 9.06. The van der Waals surface area contributed by atoms with Crippen LogP contribution in [0, 0.1) is 5.92 Å². The van der Waals surface area contributed by atoms with Gasteiger partial charge in [0.2, 0.25) is 0 Å². The van der Waals surface area contributed by atoms with E-state index >= 15 is 0 Å². The van der Waals surface area contributed by atoms with Gasteiger partial charge in [-0.2, -0.15) is 0 Å². The van der Waals surface area contributed by atoms with Crippen LogP contribution in [0.4, 0.5) is 0 Å². The standard InChI is InChI=1S/C25H28O4/c1-17-14-22(28-16-20-12-7-11-19-10-5-6-13-21(19)20)23(26)24(27)25(17)29-15-18-8-3-2-4-9-18/h2-13,17,22-27H,14-16H2,1H3/t17-,22-,23+,24+,25+/m1/s1. The molecule has 152 valence electrons. The van der Waals surface area contributed by atoms with Gasteiger partial charge in [0.05, 0.1) is 25.4 Å². The minimum atomic E-state index is -0.972. The minimum Gasteiger partial charge on any atom is -0.388 e. The van der Waals surface area contributed by atoms with Gasteiger partial charge in [0.25, 0.3) is 0 Å². The van der Waals surface area contributed by atoms with Gasteiger partial charge in [0, 0.05) is 0 Å². The van der Waals surface area contributed by atoms with E-state index in [1.165, 1.54) is 5.39 Å². The predicted octanol–water partition coefficient (Wildman–Crippen LogP) is 4.07. The molecule has 29 heavy (non-hydrogen) atoms. The van der Waals surface area contributed by atoms with Gasteiger partial charge in [0.1, 0.15) is 12.2 Å². The summed E-state index contributed by atoms with van der Waals surface area (Å²) >= 11 is 0. The third-order valence-corrected chi connectivity index (χ3v) is 5.85. The van der Waals surface area contributed by atoms with Crippen LogP contribution < -0.4 is 0 Å². The van der Waals surface area contributed by atoms with Gasteiger partial charge in [-0.25, -0.2) is 0 Å². The molecular formula is C25H28O4. The Morgan fingerprint density at radius 1 is 0.793 bits per heavy atom. The minimum absolute atomic E-state index is 0.0784. The van der Waals surface area contributed by atoms with E-state index in [1.54, 1.807) is 0 Å². The van der Waals surface area contributed by atoms with Crippen molar-refractivity contribution in [2.75, 3.05) is 0 Å². The highest BCUT2D eigenvalue weighted by molar-refractivity contribution is 5.85. The van der Waals surface area contributed by atoms with Crippen LogP contribution in [0.2, 0.25) is 0 Å². The fourth-order valence-corrected chi connectivity index (χ4v) is 4.20. The van der Waals surface area contributed by atoms with Crippen LogP contribution in [0.3, 0.4) is 0 Å². The third-order valence-electron chi connectivity index (χ3n) is 5.85. The smallest absolute Gasteiger partial charge is 0.109 e. The van der Waals surface area contributed by atoms with Crippen molar-refractivity contribution < 1.29 is 19.7 Å². The van der Waals surface area contributed by atoms with Crippen LogP contribution in [0.25, 0.3) is 10.8 Å². The fourth-order valence-electron chi connectivity index (χ4n) is 4.20. The Morgan fingerprint density at radius 2 is 1.52 bits per heavy atom. The Bertz CT molecular complexity index is 921. The number of aliphatic hydroxyl groups excluding tert-OH is 2. The zero-order valence-corrected chi connectivity index (χ0v) is 16.6. The maximum atomic E-state index is 10.7. The van der Waals surface area contributed by atoms with Crippen molar-refractivity contribution >= 4 is 10.8 Å². The van der Waals surface area contributed by atoms with E-state index in [-0.39, 0.29) is 5.92 Å². The molecule has 0 spiro atoms. The summed E-state index contributed by atoms with van der Waals surface area (Å²) in [4.78, 5) is 0. The molecule has 2 N–H and O–H groups in total. The molecule has 3 aromatic carbocycles. The normalized spacial score (nSPS) is 27.2. The Hall–Kier alpha value is -2.24. The number of rotatable bonds is 6. The van der Waals surface area contributed by atoms with Gasteiger partial charge in [0.15, 0.2) is 0 Å². The Balaban J connectivity index is 1.39. The second-order valence-electron chi connectivity index (χ2n) is 7.94. The molecule has 0 aromatic heterocycles. The maximum Gasteiger partial charge on any atom is 0.109 e. The van der Waals surface area contributed by atoms with Gasteiger partial charge in [-0.3, -0.25) is 0 Å². The molecule has 0 unspecified atom stereocenters. The molecule has 1 fully saturated rings. The first kappa shape index (κ1) is 20.0. The highest BCUT2D eigenvalue weighted by atomic mass is 16.5. The van der Waals surface area contributed by atoms with Crippen LogP contribution in [-0.4, -0.2) is 34.6 Å². The van der Waals surface area contributed by atoms with Gasteiger partial charge in [-0.15, -0.1) is 0 Å². The summed E-state index contributed by atoms with van der Waals surface area (Å²) in [6.07, 6.45) is -2.14. The summed E-state index contributed by atoms with van der Waals surface area (Å²) in [6, 6.07) is 24.2. The van der Waals surface area contributed by atoms with Crippen LogP contribution in [0.15, 0.2) is 72.8 Å². The molecule has 0 amide bonds. The number of benzene rings is 3. The molecule has 1 aliphatic carbocycles. The van der Waals surface area contributed by atoms with Crippen LogP contribution in [0.5, 0.6) is 0 Å². The summed E-state index contributed by atoms with van der Waals surface area (Å²) in [7, 11) is 0. The van der Waals surface area contributed by atoms with E-state index in [9.17, 15) is 10.2 Å². The number of hydrogen-bond acceptors (Lipinski definition) is 4. The van der Waals surface area contributed by atoms with Crippen molar-refractivity contribution in [3.8, 4) is 0 Å². The van der Waals surface area contributed by atoms with E-state index in [4.69, 9.17) is 9.47 Å². The quantitative estimate of drug-likeness (QED) is 0.664. The Labute approximate surface area is 171 Å². The van der Waals surface area contributed by atoms with Crippen molar-refractivity contribution in [1.29, 1.82) is 0 Å². The first-order valence-electron chi connectivity index (χ1n) is 10.2. The SMILES string of the molecule is C[C@@H]1C[C@@H](OCc2cccc3ccccc23)[C@H](O)[C@H](O)[C@H]1OCc1ccccc1.